The van der Waals surface area contributed by atoms with Crippen molar-refractivity contribution in [3.05, 3.63) is 34.9 Å². The van der Waals surface area contributed by atoms with E-state index in [1.165, 1.54) is 4.90 Å². The van der Waals surface area contributed by atoms with E-state index in [2.05, 4.69) is 5.32 Å². The number of nitrogens with one attached hydrogen (secondary N) is 1. The summed E-state index contributed by atoms with van der Waals surface area (Å²) in [6, 6.07) is 4.94. The van der Waals surface area contributed by atoms with E-state index in [0.29, 0.717) is 29.2 Å². The molecule has 3 N–H and O–H groups in total. The number of amides is 3. The van der Waals surface area contributed by atoms with Crippen molar-refractivity contribution in [3.8, 4) is 0 Å². The van der Waals surface area contributed by atoms with Gasteiger partial charge in [-0.25, -0.2) is 0 Å². The predicted molar refractivity (Wildman–Crippen MR) is 109 cm³/mol. The summed E-state index contributed by atoms with van der Waals surface area (Å²) in [4.78, 5) is 39.7. The highest BCUT2D eigenvalue weighted by molar-refractivity contribution is 6.22. The Kier molecular flexibility index (Phi) is 6.40. The third-order valence-electron chi connectivity index (χ3n) is 6.40. The second-order valence-corrected chi connectivity index (χ2v) is 8.04. The van der Waals surface area contributed by atoms with Crippen molar-refractivity contribution in [1.29, 1.82) is 0 Å². The first-order valence-electron chi connectivity index (χ1n) is 10.1. The molecule has 0 aromatic heterocycles. The molecule has 0 radical (unpaired) electrons. The van der Waals surface area contributed by atoms with Crippen LogP contribution in [0.1, 0.15) is 82.4 Å². The van der Waals surface area contributed by atoms with E-state index in [0.717, 1.165) is 51.4 Å². The molecule has 1 aromatic carbocycles. The summed E-state index contributed by atoms with van der Waals surface area (Å²) in [5, 5.41) is 3.06. The summed E-state index contributed by atoms with van der Waals surface area (Å²) in [6.07, 6.45) is 8.06. The van der Waals surface area contributed by atoms with E-state index < -0.39 is 0 Å². The Morgan fingerprint density at radius 1 is 1.00 bits per heavy atom. The molecule has 3 aliphatic rings. The van der Waals surface area contributed by atoms with Crippen LogP contribution in [0.15, 0.2) is 18.2 Å². The number of fused-ring (bicyclic) bond motifs is 1. The second kappa shape index (κ2) is 8.62. The lowest BCUT2D eigenvalue weighted by atomic mass is 9.94. The van der Waals surface area contributed by atoms with Gasteiger partial charge in [0.05, 0.1) is 11.1 Å². The Balaban J connectivity index is 0.00000225. The quantitative estimate of drug-likeness (QED) is 0.753. The standard InChI is InChI=1S/C21H27N3O3.ClH/c22-12-14-5-4-8-18(14)23-19(25)13-9-10-16-17(11-13)21(27)24(20(16)26)15-6-2-1-3-7-15;/h9-11,14-15,18H,1-8,12,22H2,(H,23,25);1H. The number of benzene rings is 1. The predicted octanol–water partition coefficient (Wildman–Crippen LogP) is 2.89. The molecule has 2 atom stereocenters. The lowest BCUT2D eigenvalue weighted by Crippen LogP contribution is -2.41. The fourth-order valence-electron chi connectivity index (χ4n) is 4.83. The molecular weight excluding hydrogens is 378 g/mol. The monoisotopic (exact) mass is 405 g/mol. The van der Waals surface area contributed by atoms with E-state index in [-0.39, 0.29) is 42.2 Å². The van der Waals surface area contributed by atoms with Gasteiger partial charge in [-0.15, -0.1) is 12.4 Å². The normalized spacial score (nSPS) is 24.8. The number of hydrogen-bond donors (Lipinski definition) is 2. The number of carbonyl (C=O) groups excluding carboxylic acids is 3. The first kappa shape index (κ1) is 20.8. The van der Waals surface area contributed by atoms with Gasteiger partial charge in [-0.3, -0.25) is 19.3 Å². The van der Waals surface area contributed by atoms with Crippen LogP contribution < -0.4 is 11.1 Å². The van der Waals surface area contributed by atoms with Gasteiger partial charge in [0.2, 0.25) is 0 Å². The van der Waals surface area contributed by atoms with Gasteiger partial charge in [-0.2, -0.15) is 0 Å². The number of carbonyl (C=O) groups is 3. The van der Waals surface area contributed by atoms with E-state index in [1.54, 1.807) is 18.2 Å². The van der Waals surface area contributed by atoms with Gasteiger partial charge < -0.3 is 11.1 Å². The fourth-order valence-corrected chi connectivity index (χ4v) is 4.83. The second-order valence-electron chi connectivity index (χ2n) is 8.04. The van der Waals surface area contributed by atoms with Gasteiger partial charge in [0.1, 0.15) is 0 Å². The molecule has 2 fully saturated rings. The highest BCUT2D eigenvalue weighted by atomic mass is 35.5. The maximum Gasteiger partial charge on any atom is 0.261 e. The molecule has 0 bridgehead atoms. The fraction of sp³-hybridized carbons (Fsp3) is 0.571. The van der Waals surface area contributed by atoms with Crippen LogP contribution in [0.25, 0.3) is 0 Å². The maximum atomic E-state index is 12.9. The summed E-state index contributed by atoms with van der Waals surface area (Å²) in [6.45, 7) is 0.568. The highest BCUT2D eigenvalue weighted by Gasteiger charge is 2.40. The summed E-state index contributed by atoms with van der Waals surface area (Å²) in [5.41, 5.74) is 7.01. The molecule has 4 rings (SSSR count). The largest absolute Gasteiger partial charge is 0.349 e. The average molecular weight is 406 g/mol. The Morgan fingerprint density at radius 3 is 2.43 bits per heavy atom. The minimum atomic E-state index is -0.253. The molecule has 7 heteroatoms. The molecule has 0 saturated heterocycles. The molecule has 0 spiro atoms. The van der Waals surface area contributed by atoms with Crippen molar-refractivity contribution >= 4 is 30.1 Å². The van der Waals surface area contributed by atoms with Crippen molar-refractivity contribution in [2.75, 3.05) is 6.54 Å². The zero-order valence-electron chi connectivity index (χ0n) is 16.0. The first-order chi connectivity index (χ1) is 13.1. The van der Waals surface area contributed by atoms with Crippen LogP contribution in [0, 0.1) is 5.92 Å². The molecule has 152 valence electrons. The average Bonchev–Trinajstić information content (AvgIpc) is 3.24. The van der Waals surface area contributed by atoms with Crippen LogP contribution >= 0.6 is 12.4 Å². The molecule has 28 heavy (non-hydrogen) atoms. The molecule has 1 aliphatic heterocycles. The minimum absolute atomic E-state index is 0. The zero-order valence-corrected chi connectivity index (χ0v) is 16.8. The number of nitrogens with two attached hydrogens (primary N) is 1. The van der Waals surface area contributed by atoms with E-state index in [4.69, 9.17) is 5.73 Å². The number of halogens is 1. The maximum absolute atomic E-state index is 12.9. The van der Waals surface area contributed by atoms with Gasteiger partial charge in [0.15, 0.2) is 0 Å². The molecule has 6 nitrogen and oxygen atoms in total. The Bertz CT molecular complexity index is 776. The lowest BCUT2D eigenvalue weighted by Gasteiger charge is -2.29. The summed E-state index contributed by atoms with van der Waals surface area (Å²) < 4.78 is 0. The van der Waals surface area contributed by atoms with Gasteiger partial charge in [-0.1, -0.05) is 25.7 Å². The Labute approximate surface area is 171 Å². The van der Waals surface area contributed by atoms with Crippen LogP contribution in [-0.2, 0) is 0 Å². The van der Waals surface area contributed by atoms with E-state index >= 15 is 0 Å². The minimum Gasteiger partial charge on any atom is -0.349 e. The third-order valence-corrected chi connectivity index (χ3v) is 6.40. The summed E-state index contributed by atoms with van der Waals surface area (Å²) in [5.74, 6) is -0.349. The number of rotatable bonds is 4. The van der Waals surface area contributed by atoms with Crippen molar-refractivity contribution < 1.29 is 14.4 Å². The first-order valence-corrected chi connectivity index (χ1v) is 10.1. The number of nitrogens with zero attached hydrogens (tertiary/aromatic N) is 1. The van der Waals surface area contributed by atoms with E-state index in [1.807, 2.05) is 0 Å². The number of hydrogen-bond acceptors (Lipinski definition) is 4. The molecule has 2 aliphatic carbocycles. The molecule has 1 heterocycles. The Hall–Kier alpha value is -1.92. The van der Waals surface area contributed by atoms with Gasteiger partial charge in [0, 0.05) is 17.6 Å². The number of imide groups is 1. The molecule has 3 amide bonds. The van der Waals surface area contributed by atoms with Crippen molar-refractivity contribution in [2.24, 2.45) is 11.7 Å². The van der Waals surface area contributed by atoms with Crippen LogP contribution in [0.3, 0.4) is 0 Å². The van der Waals surface area contributed by atoms with E-state index in [9.17, 15) is 14.4 Å². The lowest BCUT2D eigenvalue weighted by molar-refractivity contribution is 0.0548. The molecule has 2 unspecified atom stereocenters. The summed E-state index contributed by atoms with van der Waals surface area (Å²) >= 11 is 0. The Morgan fingerprint density at radius 2 is 1.71 bits per heavy atom. The van der Waals surface area contributed by atoms with Crippen molar-refractivity contribution in [1.82, 2.24) is 10.2 Å². The molecule has 2 saturated carbocycles. The van der Waals surface area contributed by atoms with Crippen LogP contribution in [-0.4, -0.2) is 41.2 Å². The van der Waals surface area contributed by atoms with Gasteiger partial charge in [0.25, 0.3) is 17.7 Å². The highest BCUT2D eigenvalue weighted by Crippen LogP contribution is 2.31. The van der Waals surface area contributed by atoms with Gasteiger partial charge in [-0.05, 0) is 56.3 Å². The van der Waals surface area contributed by atoms with Crippen LogP contribution in [0.5, 0.6) is 0 Å². The third kappa shape index (κ3) is 3.67. The van der Waals surface area contributed by atoms with Gasteiger partial charge >= 0.3 is 0 Å². The molecular formula is C21H28ClN3O3. The van der Waals surface area contributed by atoms with Crippen molar-refractivity contribution in [2.45, 2.75) is 63.5 Å². The van der Waals surface area contributed by atoms with Crippen LogP contribution in [0.4, 0.5) is 0 Å². The smallest absolute Gasteiger partial charge is 0.261 e. The summed E-state index contributed by atoms with van der Waals surface area (Å²) in [7, 11) is 0. The SMILES string of the molecule is Cl.NCC1CCCC1NC(=O)c1ccc2c(c1)C(=O)N(C1CCCCC1)C2=O. The molecule has 1 aromatic rings. The zero-order chi connectivity index (χ0) is 19.0. The van der Waals surface area contributed by atoms with Crippen LogP contribution in [0.2, 0.25) is 0 Å². The topological polar surface area (TPSA) is 92.5 Å². The van der Waals surface area contributed by atoms with Crippen molar-refractivity contribution in [3.63, 3.8) is 0 Å².